The summed E-state index contributed by atoms with van der Waals surface area (Å²) < 4.78 is 2.08. The van der Waals surface area contributed by atoms with Gasteiger partial charge in [0.25, 0.3) is 0 Å². The third kappa shape index (κ3) is 3.26. The van der Waals surface area contributed by atoms with Gasteiger partial charge < -0.3 is 14.8 Å². The summed E-state index contributed by atoms with van der Waals surface area (Å²) >= 11 is 0. The minimum atomic E-state index is 0.897. The van der Waals surface area contributed by atoms with E-state index in [9.17, 15) is 0 Å². The number of nitrogens with one attached hydrogen (secondary N) is 1. The highest BCUT2D eigenvalue weighted by Gasteiger charge is 2.13. The molecule has 0 aliphatic carbocycles. The largest absolute Gasteiger partial charge is 0.370 e. The number of aromatic nitrogens is 4. The molecule has 1 N–H and O–H groups in total. The Kier molecular flexibility index (Phi) is 4.10. The Balaban J connectivity index is 1.48. The van der Waals surface area contributed by atoms with Gasteiger partial charge in [-0.3, -0.25) is 0 Å². The second-order valence-electron chi connectivity index (χ2n) is 5.04. The van der Waals surface area contributed by atoms with E-state index in [1.54, 1.807) is 12.5 Å². The van der Waals surface area contributed by atoms with Crippen LogP contribution < -0.4 is 10.2 Å². The fourth-order valence-electron chi connectivity index (χ4n) is 2.46. The number of nitrogens with zero attached hydrogens (tertiary/aromatic N) is 5. The minimum Gasteiger partial charge on any atom is -0.370 e. The van der Waals surface area contributed by atoms with Crippen molar-refractivity contribution in [2.75, 3.05) is 29.9 Å². The Labute approximate surface area is 118 Å². The standard InChI is InChI=1S/C14H20N6/c1-2-8-20(7-1)14-10-13(17-11-18-14)16-4-3-6-19-9-5-15-12-19/h5,9-12H,1-4,6-8H2,(H,16,17,18). The van der Waals surface area contributed by atoms with Gasteiger partial charge in [0, 0.05) is 44.6 Å². The summed E-state index contributed by atoms with van der Waals surface area (Å²) in [6.07, 6.45) is 10.8. The lowest BCUT2D eigenvalue weighted by Crippen LogP contribution is -2.19. The lowest BCUT2D eigenvalue weighted by molar-refractivity contribution is 0.660. The van der Waals surface area contributed by atoms with Crippen molar-refractivity contribution in [3.8, 4) is 0 Å². The summed E-state index contributed by atoms with van der Waals surface area (Å²) in [6.45, 7) is 4.08. The molecule has 0 amide bonds. The van der Waals surface area contributed by atoms with E-state index < -0.39 is 0 Å². The molecule has 0 saturated carbocycles. The van der Waals surface area contributed by atoms with Gasteiger partial charge in [0.05, 0.1) is 6.33 Å². The predicted octanol–water partition coefficient (Wildman–Crippen LogP) is 1.78. The Morgan fingerprint density at radius 1 is 1.20 bits per heavy atom. The number of aryl methyl sites for hydroxylation is 1. The lowest BCUT2D eigenvalue weighted by Gasteiger charge is -2.16. The van der Waals surface area contributed by atoms with Crippen LogP contribution in [0.2, 0.25) is 0 Å². The van der Waals surface area contributed by atoms with Crippen LogP contribution in [0.4, 0.5) is 11.6 Å². The monoisotopic (exact) mass is 272 g/mol. The second-order valence-corrected chi connectivity index (χ2v) is 5.04. The predicted molar refractivity (Wildman–Crippen MR) is 78.8 cm³/mol. The average Bonchev–Trinajstić information content (AvgIpc) is 3.17. The molecule has 1 saturated heterocycles. The van der Waals surface area contributed by atoms with Crippen LogP contribution in [0.3, 0.4) is 0 Å². The molecule has 6 nitrogen and oxygen atoms in total. The van der Waals surface area contributed by atoms with Gasteiger partial charge in [0.2, 0.25) is 0 Å². The van der Waals surface area contributed by atoms with Gasteiger partial charge in [-0.15, -0.1) is 0 Å². The molecule has 0 radical (unpaired) electrons. The SMILES string of the molecule is c1cn(CCCNc2cc(N3CCCC3)ncn2)cn1. The highest BCUT2D eigenvalue weighted by atomic mass is 15.2. The number of hydrogen-bond donors (Lipinski definition) is 1. The first-order valence-corrected chi connectivity index (χ1v) is 7.18. The molecule has 1 aliphatic rings. The summed E-state index contributed by atoms with van der Waals surface area (Å²) in [5.41, 5.74) is 0. The summed E-state index contributed by atoms with van der Waals surface area (Å²) in [6, 6.07) is 2.04. The molecule has 2 aromatic heterocycles. The maximum atomic E-state index is 4.35. The molecule has 20 heavy (non-hydrogen) atoms. The zero-order valence-corrected chi connectivity index (χ0v) is 11.6. The normalized spacial score (nSPS) is 14.7. The van der Waals surface area contributed by atoms with Crippen LogP contribution >= 0.6 is 0 Å². The van der Waals surface area contributed by atoms with Gasteiger partial charge in [0.1, 0.15) is 18.0 Å². The zero-order chi connectivity index (χ0) is 13.6. The molecule has 3 rings (SSSR count). The molecule has 2 aromatic rings. The van der Waals surface area contributed by atoms with Gasteiger partial charge in [-0.05, 0) is 19.3 Å². The Hall–Kier alpha value is -2.11. The van der Waals surface area contributed by atoms with E-state index >= 15 is 0 Å². The smallest absolute Gasteiger partial charge is 0.134 e. The van der Waals surface area contributed by atoms with Crippen molar-refractivity contribution in [2.45, 2.75) is 25.8 Å². The highest BCUT2D eigenvalue weighted by molar-refractivity contribution is 5.48. The molecule has 6 heteroatoms. The van der Waals surface area contributed by atoms with E-state index in [1.807, 2.05) is 18.6 Å². The Bertz CT molecular complexity index is 518. The minimum absolute atomic E-state index is 0.897. The van der Waals surface area contributed by atoms with Crippen molar-refractivity contribution in [3.05, 3.63) is 31.1 Å². The molecule has 0 unspecified atom stereocenters. The van der Waals surface area contributed by atoms with Crippen molar-refractivity contribution in [2.24, 2.45) is 0 Å². The van der Waals surface area contributed by atoms with Gasteiger partial charge in [0.15, 0.2) is 0 Å². The van der Waals surface area contributed by atoms with Gasteiger partial charge >= 0.3 is 0 Å². The molecule has 106 valence electrons. The van der Waals surface area contributed by atoms with Crippen molar-refractivity contribution >= 4 is 11.6 Å². The summed E-state index contributed by atoms with van der Waals surface area (Å²) in [4.78, 5) is 15.0. The van der Waals surface area contributed by atoms with Gasteiger partial charge in [-0.1, -0.05) is 0 Å². The first-order valence-electron chi connectivity index (χ1n) is 7.18. The van der Waals surface area contributed by atoms with Crippen LogP contribution in [-0.2, 0) is 6.54 Å². The summed E-state index contributed by atoms with van der Waals surface area (Å²) in [5, 5.41) is 3.36. The fourth-order valence-corrected chi connectivity index (χ4v) is 2.46. The van der Waals surface area contributed by atoms with E-state index in [0.717, 1.165) is 44.2 Å². The molecular formula is C14H20N6. The van der Waals surface area contributed by atoms with Crippen LogP contribution in [0.5, 0.6) is 0 Å². The lowest BCUT2D eigenvalue weighted by atomic mass is 10.4. The molecule has 0 bridgehead atoms. The van der Waals surface area contributed by atoms with E-state index in [0.29, 0.717) is 0 Å². The quantitative estimate of drug-likeness (QED) is 0.812. The van der Waals surface area contributed by atoms with E-state index in [4.69, 9.17) is 0 Å². The van der Waals surface area contributed by atoms with Gasteiger partial charge in [-0.2, -0.15) is 0 Å². The van der Waals surface area contributed by atoms with Crippen LogP contribution in [-0.4, -0.2) is 39.2 Å². The van der Waals surface area contributed by atoms with Crippen molar-refractivity contribution in [1.82, 2.24) is 19.5 Å². The third-order valence-electron chi connectivity index (χ3n) is 3.54. The van der Waals surface area contributed by atoms with Crippen LogP contribution in [0.25, 0.3) is 0 Å². The molecule has 0 aromatic carbocycles. The first kappa shape index (κ1) is 12.9. The van der Waals surface area contributed by atoms with Crippen molar-refractivity contribution < 1.29 is 0 Å². The average molecular weight is 272 g/mol. The van der Waals surface area contributed by atoms with E-state index in [-0.39, 0.29) is 0 Å². The maximum absolute atomic E-state index is 4.35. The molecule has 0 spiro atoms. The van der Waals surface area contributed by atoms with Crippen LogP contribution in [0, 0.1) is 0 Å². The van der Waals surface area contributed by atoms with Crippen molar-refractivity contribution in [3.63, 3.8) is 0 Å². The Morgan fingerprint density at radius 3 is 2.90 bits per heavy atom. The third-order valence-corrected chi connectivity index (χ3v) is 3.54. The number of hydrogen-bond acceptors (Lipinski definition) is 5. The molecule has 1 fully saturated rings. The van der Waals surface area contributed by atoms with Crippen LogP contribution in [0.15, 0.2) is 31.1 Å². The van der Waals surface area contributed by atoms with E-state index in [2.05, 4.69) is 29.7 Å². The summed E-state index contributed by atoms with van der Waals surface area (Å²) in [7, 11) is 0. The van der Waals surface area contributed by atoms with E-state index in [1.165, 1.54) is 12.8 Å². The number of anilines is 2. The summed E-state index contributed by atoms with van der Waals surface area (Å²) in [5.74, 6) is 1.95. The first-order chi connectivity index (χ1) is 9.92. The van der Waals surface area contributed by atoms with Crippen LogP contribution in [0.1, 0.15) is 19.3 Å². The molecule has 3 heterocycles. The highest BCUT2D eigenvalue weighted by Crippen LogP contribution is 2.19. The fraction of sp³-hybridized carbons (Fsp3) is 0.500. The van der Waals surface area contributed by atoms with Crippen molar-refractivity contribution in [1.29, 1.82) is 0 Å². The second kappa shape index (κ2) is 6.36. The zero-order valence-electron chi connectivity index (χ0n) is 11.6. The van der Waals surface area contributed by atoms with Gasteiger partial charge in [-0.25, -0.2) is 15.0 Å². The number of rotatable bonds is 6. The topological polar surface area (TPSA) is 58.9 Å². The Morgan fingerprint density at radius 2 is 2.10 bits per heavy atom. The molecule has 0 atom stereocenters. The molecule has 1 aliphatic heterocycles. The number of imidazole rings is 1. The maximum Gasteiger partial charge on any atom is 0.134 e. The molecular weight excluding hydrogens is 252 g/mol.